The van der Waals surface area contributed by atoms with E-state index in [2.05, 4.69) is 25.5 Å². The van der Waals surface area contributed by atoms with Gasteiger partial charge in [0.1, 0.15) is 16.6 Å². The SMILES string of the molecule is N#Cc1c(Cl)nsc1N1CCCCC1c1cn[nH]c1. The van der Waals surface area contributed by atoms with Crippen LogP contribution in [0.3, 0.4) is 0 Å². The van der Waals surface area contributed by atoms with E-state index in [0.29, 0.717) is 10.7 Å². The molecule has 0 amide bonds. The first-order valence-corrected chi connectivity index (χ1v) is 7.27. The molecule has 0 bridgehead atoms. The zero-order chi connectivity index (χ0) is 13.2. The van der Waals surface area contributed by atoms with Gasteiger partial charge in [-0.25, -0.2) is 0 Å². The van der Waals surface area contributed by atoms with Crippen LogP contribution in [-0.2, 0) is 0 Å². The number of nitrogens with one attached hydrogen (secondary N) is 1. The Morgan fingerprint density at radius 3 is 3.16 bits per heavy atom. The van der Waals surface area contributed by atoms with Crippen molar-refractivity contribution in [2.24, 2.45) is 0 Å². The van der Waals surface area contributed by atoms with Crippen molar-refractivity contribution in [3.05, 3.63) is 28.7 Å². The molecule has 3 rings (SSSR count). The normalized spacial score (nSPS) is 19.4. The Hall–Kier alpha value is -1.58. The number of hydrogen-bond donors (Lipinski definition) is 1. The van der Waals surface area contributed by atoms with Gasteiger partial charge in [-0.3, -0.25) is 5.10 Å². The summed E-state index contributed by atoms with van der Waals surface area (Å²) >= 11 is 7.27. The van der Waals surface area contributed by atoms with E-state index in [-0.39, 0.29) is 6.04 Å². The Bertz CT molecular complexity index is 600. The third-order valence-electron chi connectivity index (χ3n) is 3.41. The van der Waals surface area contributed by atoms with Crippen LogP contribution in [0.15, 0.2) is 12.4 Å². The average molecular weight is 294 g/mol. The van der Waals surface area contributed by atoms with Crippen LogP contribution in [0, 0.1) is 11.3 Å². The second-order valence-corrected chi connectivity index (χ2v) is 5.61. The number of nitriles is 1. The minimum atomic E-state index is 0.246. The first kappa shape index (κ1) is 12.5. The van der Waals surface area contributed by atoms with Crippen LogP contribution in [-0.4, -0.2) is 21.1 Å². The van der Waals surface area contributed by atoms with Crippen molar-refractivity contribution in [3.8, 4) is 6.07 Å². The minimum Gasteiger partial charge on any atom is -0.354 e. The van der Waals surface area contributed by atoms with Crippen molar-refractivity contribution >= 4 is 28.1 Å². The van der Waals surface area contributed by atoms with Crippen LogP contribution in [0.25, 0.3) is 0 Å². The summed E-state index contributed by atoms with van der Waals surface area (Å²) in [5.41, 5.74) is 1.63. The van der Waals surface area contributed by atoms with Gasteiger partial charge in [-0.1, -0.05) is 11.6 Å². The molecule has 7 heteroatoms. The number of anilines is 1. The summed E-state index contributed by atoms with van der Waals surface area (Å²) in [4.78, 5) is 2.23. The van der Waals surface area contributed by atoms with Gasteiger partial charge in [0.2, 0.25) is 0 Å². The topological polar surface area (TPSA) is 68.6 Å². The van der Waals surface area contributed by atoms with E-state index in [1.165, 1.54) is 18.0 Å². The maximum Gasteiger partial charge on any atom is 0.162 e. The molecule has 2 aromatic rings. The summed E-state index contributed by atoms with van der Waals surface area (Å²) in [7, 11) is 0. The molecule has 0 radical (unpaired) electrons. The molecule has 5 nitrogen and oxygen atoms in total. The summed E-state index contributed by atoms with van der Waals surface area (Å²) in [6.07, 6.45) is 7.12. The van der Waals surface area contributed by atoms with Gasteiger partial charge in [0, 0.05) is 18.3 Å². The molecule has 1 unspecified atom stereocenters. The fraction of sp³-hybridized carbons (Fsp3) is 0.417. The molecule has 19 heavy (non-hydrogen) atoms. The van der Waals surface area contributed by atoms with E-state index in [4.69, 9.17) is 11.6 Å². The Morgan fingerprint density at radius 1 is 1.53 bits per heavy atom. The minimum absolute atomic E-state index is 0.246. The van der Waals surface area contributed by atoms with Crippen LogP contribution in [0.4, 0.5) is 5.00 Å². The molecule has 98 valence electrons. The van der Waals surface area contributed by atoms with Crippen molar-refractivity contribution < 1.29 is 0 Å². The Kier molecular flexibility index (Phi) is 3.40. The standard InChI is InChI=1S/C12H12ClN5S/c13-11-9(5-14)12(19-17-11)18-4-2-1-3-10(18)8-6-15-16-7-8/h6-7,10H,1-4H2,(H,15,16). The highest BCUT2D eigenvalue weighted by molar-refractivity contribution is 7.10. The summed E-state index contributed by atoms with van der Waals surface area (Å²) in [5.74, 6) is 0. The Morgan fingerprint density at radius 2 is 2.42 bits per heavy atom. The van der Waals surface area contributed by atoms with Crippen LogP contribution in [0.5, 0.6) is 0 Å². The van der Waals surface area contributed by atoms with E-state index in [1.54, 1.807) is 0 Å². The molecule has 0 aromatic carbocycles. The van der Waals surface area contributed by atoms with Gasteiger partial charge < -0.3 is 4.90 Å². The smallest absolute Gasteiger partial charge is 0.162 e. The summed E-state index contributed by atoms with van der Waals surface area (Å²) in [6, 6.07) is 2.40. The lowest BCUT2D eigenvalue weighted by molar-refractivity contribution is 0.475. The largest absolute Gasteiger partial charge is 0.354 e. The zero-order valence-electron chi connectivity index (χ0n) is 10.1. The van der Waals surface area contributed by atoms with Crippen molar-refractivity contribution in [2.75, 3.05) is 11.4 Å². The Balaban J connectivity index is 1.99. The number of piperidine rings is 1. The molecule has 1 aliphatic rings. The predicted octanol–water partition coefficient (Wildman–Crippen LogP) is 3.12. The molecular weight excluding hydrogens is 282 g/mol. The second kappa shape index (κ2) is 5.19. The fourth-order valence-corrected chi connectivity index (χ4v) is 3.62. The number of H-pyrrole nitrogens is 1. The quantitative estimate of drug-likeness (QED) is 0.923. The van der Waals surface area contributed by atoms with Crippen molar-refractivity contribution in [3.63, 3.8) is 0 Å². The van der Waals surface area contributed by atoms with Crippen molar-refractivity contribution in [1.29, 1.82) is 5.26 Å². The van der Waals surface area contributed by atoms with Crippen LogP contribution in [0.2, 0.25) is 5.15 Å². The number of rotatable bonds is 2. The van der Waals surface area contributed by atoms with E-state index >= 15 is 0 Å². The Labute approximate surface area is 120 Å². The van der Waals surface area contributed by atoms with Crippen molar-refractivity contribution in [1.82, 2.24) is 14.6 Å². The summed E-state index contributed by atoms with van der Waals surface area (Å²) < 4.78 is 4.10. The maximum absolute atomic E-state index is 9.22. The molecule has 0 saturated carbocycles. The van der Waals surface area contributed by atoms with E-state index in [0.717, 1.165) is 30.0 Å². The molecule has 1 N–H and O–H groups in total. The monoisotopic (exact) mass is 293 g/mol. The molecular formula is C12H12ClN5S. The highest BCUT2D eigenvalue weighted by atomic mass is 35.5. The zero-order valence-corrected chi connectivity index (χ0v) is 11.7. The number of aromatic amines is 1. The molecule has 3 heterocycles. The molecule has 1 atom stereocenters. The maximum atomic E-state index is 9.22. The lowest BCUT2D eigenvalue weighted by Gasteiger charge is -2.35. The molecule has 0 aliphatic carbocycles. The summed E-state index contributed by atoms with van der Waals surface area (Å²) in [5, 5.41) is 17.3. The highest BCUT2D eigenvalue weighted by Crippen LogP contribution is 2.40. The number of halogens is 1. The fourth-order valence-electron chi connectivity index (χ4n) is 2.52. The van der Waals surface area contributed by atoms with Gasteiger partial charge in [-0.2, -0.15) is 14.7 Å². The van der Waals surface area contributed by atoms with Gasteiger partial charge >= 0.3 is 0 Å². The lowest BCUT2D eigenvalue weighted by Crippen LogP contribution is -2.33. The van der Waals surface area contributed by atoms with Crippen LogP contribution in [0.1, 0.15) is 36.4 Å². The second-order valence-electron chi connectivity index (χ2n) is 4.50. The van der Waals surface area contributed by atoms with Gasteiger partial charge in [-0.05, 0) is 30.8 Å². The molecule has 2 aromatic heterocycles. The van der Waals surface area contributed by atoms with Crippen molar-refractivity contribution in [2.45, 2.75) is 25.3 Å². The number of hydrogen-bond acceptors (Lipinski definition) is 5. The summed E-state index contributed by atoms with van der Waals surface area (Å²) in [6.45, 7) is 0.920. The predicted molar refractivity (Wildman–Crippen MR) is 74.4 cm³/mol. The molecule has 0 spiro atoms. The molecule has 1 aliphatic heterocycles. The first-order chi connectivity index (χ1) is 9.31. The average Bonchev–Trinajstić information content (AvgIpc) is 3.07. The van der Waals surface area contributed by atoms with E-state index in [9.17, 15) is 5.26 Å². The van der Waals surface area contributed by atoms with Gasteiger partial charge in [0.25, 0.3) is 0 Å². The van der Waals surface area contributed by atoms with Gasteiger partial charge in [-0.15, -0.1) is 0 Å². The highest BCUT2D eigenvalue weighted by Gasteiger charge is 2.29. The van der Waals surface area contributed by atoms with Crippen LogP contribution >= 0.6 is 23.1 Å². The third kappa shape index (κ3) is 2.20. The van der Waals surface area contributed by atoms with Crippen LogP contribution < -0.4 is 4.90 Å². The first-order valence-electron chi connectivity index (χ1n) is 6.12. The van der Waals surface area contributed by atoms with E-state index in [1.807, 2.05) is 12.4 Å². The van der Waals surface area contributed by atoms with Gasteiger partial charge in [0.15, 0.2) is 5.15 Å². The molecule has 1 saturated heterocycles. The lowest BCUT2D eigenvalue weighted by atomic mass is 9.97. The molecule has 1 fully saturated rings. The third-order valence-corrected chi connectivity index (χ3v) is 4.67. The number of nitrogens with zero attached hydrogens (tertiary/aromatic N) is 4. The van der Waals surface area contributed by atoms with E-state index < -0.39 is 0 Å². The van der Waals surface area contributed by atoms with Gasteiger partial charge in [0.05, 0.1) is 12.2 Å². The number of aromatic nitrogens is 3.